The van der Waals surface area contributed by atoms with Gasteiger partial charge in [0.15, 0.2) is 5.60 Å². The Kier molecular flexibility index (Phi) is 7.55. The minimum Gasteiger partial charge on any atom is -0.375 e. The lowest BCUT2D eigenvalue weighted by Gasteiger charge is -2.25. The maximum Gasteiger partial charge on any atom is 0.262 e. The molecule has 0 spiro atoms. The van der Waals surface area contributed by atoms with Crippen molar-refractivity contribution < 1.29 is 14.7 Å². The van der Waals surface area contributed by atoms with Crippen LogP contribution in [0.4, 0.5) is 10.3 Å². The zero-order chi connectivity index (χ0) is 21.4. The van der Waals surface area contributed by atoms with E-state index in [0.717, 1.165) is 35.7 Å². The monoisotopic (exact) mass is 446 g/mol. The molecule has 0 aliphatic carbocycles. The normalized spacial score (nSPS) is 12.9. The van der Waals surface area contributed by atoms with E-state index in [1.54, 1.807) is 31.2 Å². The fourth-order valence-corrected chi connectivity index (χ4v) is 4.35. The van der Waals surface area contributed by atoms with E-state index < -0.39 is 11.5 Å². The molecule has 1 atom stereocenters. The summed E-state index contributed by atoms with van der Waals surface area (Å²) >= 11 is 2.66. The van der Waals surface area contributed by atoms with Gasteiger partial charge in [0.1, 0.15) is 10.0 Å². The van der Waals surface area contributed by atoms with Crippen LogP contribution in [0.5, 0.6) is 0 Å². The van der Waals surface area contributed by atoms with E-state index in [1.807, 2.05) is 6.07 Å². The Balaban J connectivity index is 1.49. The molecule has 2 aromatic heterocycles. The second kappa shape index (κ2) is 10.3. The van der Waals surface area contributed by atoms with Crippen molar-refractivity contribution in [2.24, 2.45) is 0 Å². The minimum absolute atomic E-state index is 0.240. The topological polar surface area (TPSA) is 130 Å². The molecular weight excluding hydrogens is 424 g/mol. The minimum atomic E-state index is -1.62. The summed E-state index contributed by atoms with van der Waals surface area (Å²) in [6, 6.07) is 8.86. The number of anilines is 2. The number of unbranched alkanes of at least 4 members (excludes halogenated alkanes) is 1. The summed E-state index contributed by atoms with van der Waals surface area (Å²) < 4.78 is 0. The standard InChI is InChI=1S/C19H22N6O3S2/c1-2-19(28,13-8-4-3-5-9-13)16(27)21-18-25-23-15(30-18)11-7-6-10-14-22-24-17(29-14)20-12-26/h3-5,8-9,12,28H,2,6-7,10-11H2,1H3,(H,20,24,26)(H,21,25,27)/t19-/m1/s1. The van der Waals surface area contributed by atoms with Crippen LogP contribution >= 0.6 is 22.7 Å². The van der Waals surface area contributed by atoms with Crippen molar-refractivity contribution >= 4 is 45.3 Å². The fourth-order valence-electron chi connectivity index (χ4n) is 2.83. The maximum absolute atomic E-state index is 12.7. The van der Waals surface area contributed by atoms with Gasteiger partial charge in [0.05, 0.1) is 0 Å². The summed E-state index contributed by atoms with van der Waals surface area (Å²) in [5.41, 5.74) is -1.08. The quantitative estimate of drug-likeness (QED) is 0.305. The van der Waals surface area contributed by atoms with Crippen LogP contribution in [0.3, 0.4) is 0 Å². The zero-order valence-corrected chi connectivity index (χ0v) is 18.0. The van der Waals surface area contributed by atoms with Gasteiger partial charge in [0.2, 0.25) is 16.7 Å². The van der Waals surface area contributed by atoms with Gasteiger partial charge >= 0.3 is 0 Å². The Bertz CT molecular complexity index is 978. The third-order valence-electron chi connectivity index (χ3n) is 4.51. The molecule has 0 aliphatic heterocycles. The molecule has 0 aliphatic rings. The van der Waals surface area contributed by atoms with Crippen LogP contribution in [0.1, 0.15) is 41.8 Å². The smallest absolute Gasteiger partial charge is 0.262 e. The van der Waals surface area contributed by atoms with Crippen molar-refractivity contribution in [1.29, 1.82) is 0 Å². The van der Waals surface area contributed by atoms with Crippen LogP contribution in [0, 0.1) is 0 Å². The van der Waals surface area contributed by atoms with Gasteiger partial charge in [0, 0.05) is 12.8 Å². The van der Waals surface area contributed by atoms with Crippen molar-refractivity contribution in [2.45, 2.75) is 44.6 Å². The highest BCUT2D eigenvalue weighted by Gasteiger charge is 2.36. The molecule has 3 rings (SSSR count). The fraction of sp³-hybridized carbons (Fsp3) is 0.368. The molecule has 0 bridgehead atoms. The number of hydrogen-bond acceptors (Lipinski definition) is 9. The molecule has 1 aromatic carbocycles. The van der Waals surface area contributed by atoms with Gasteiger partial charge in [0.25, 0.3) is 5.91 Å². The molecule has 3 aromatic rings. The van der Waals surface area contributed by atoms with Gasteiger partial charge in [-0.2, -0.15) is 0 Å². The van der Waals surface area contributed by atoms with Crippen molar-refractivity contribution in [2.75, 3.05) is 10.6 Å². The van der Waals surface area contributed by atoms with Crippen molar-refractivity contribution in [3.8, 4) is 0 Å². The van der Waals surface area contributed by atoms with E-state index in [2.05, 4.69) is 31.0 Å². The highest BCUT2D eigenvalue weighted by molar-refractivity contribution is 7.15. The van der Waals surface area contributed by atoms with E-state index in [1.165, 1.54) is 22.7 Å². The molecule has 158 valence electrons. The largest absolute Gasteiger partial charge is 0.375 e. The van der Waals surface area contributed by atoms with Crippen LogP contribution < -0.4 is 10.6 Å². The van der Waals surface area contributed by atoms with Gasteiger partial charge in [-0.15, -0.1) is 20.4 Å². The molecule has 3 N–H and O–H groups in total. The van der Waals surface area contributed by atoms with E-state index in [4.69, 9.17) is 0 Å². The first-order valence-electron chi connectivity index (χ1n) is 9.49. The lowest BCUT2D eigenvalue weighted by molar-refractivity contribution is -0.135. The summed E-state index contributed by atoms with van der Waals surface area (Å²) in [5.74, 6) is -0.519. The van der Waals surface area contributed by atoms with E-state index in [9.17, 15) is 14.7 Å². The number of carbonyl (C=O) groups excluding carboxylic acids is 2. The predicted molar refractivity (Wildman–Crippen MR) is 115 cm³/mol. The number of rotatable bonds is 11. The Morgan fingerprint density at radius 2 is 1.63 bits per heavy atom. The number of benzene rings is 1. The Morgan fingerprint density at radius 1 is 1.03 bits per heavy atom. The van der Waals surface area contributed by atoms with E-state index in [-0.39, 0.29) is 6.42 Å². The van der Waals surface area contributed by atoms with Crippen molar-refractivity contribution in [1.82, 2.24) is 20.4 Å². The summed E-state index contributed by atoms with van der Waals surface area (Å²) in [7, 11) is 0. The van der Waals surface area contributed by atoms with Crippen LogP contribution in [-0.2, 0) is 28.0 Å². The predicted octanol–water partition coefficient (Wildman–Crippen LogP) is 2.76. The van der Waals surface area contributed by atoms with Gasteiger partial charge in [-0.1, -0.05) is 59.9 Å². The van der Waals surface area contributed by atoms with Crippen molar-refractivity contribution in [3.05, 3.63) is 45.9 Å². The molecule has 0 saturated carbocycles. The van der Waals surface area contributed by atoms with E-state index >= 15 is 0 Å². The number of nitrogens with one attached hydrogen (secondary N) is 2. The molecule has 9 nitrogen and oxygen atoms in total. The number of carbonyl (C=O) groups is 2. The number of hydrogen-bond donors (Lipinski definition) is 3. The highest BCUT2D eigenvalue weighted by Crippen LogP contribution is 2.27. The third-order valence-corrected chi connectivity index (χ3v) is 6.32. The first-order valence-corrected chi connectivity index (χ1v) is 11.1. The lowest BCUT2D eigenvalue weighted by Crippen LogP contribution is -2.39. The third kappa shape index (κ3) is 5.43. The molecule has 2 amide bonds. The number of amides is 2. The number of aryl methyl sites for hydroxylation is 2. The Labute approximate surface area is 181 Å². The van der Waals surface area contributed by atoms with Gasteiger partial charge in [-0.3, -0.25) is 14.9 Å². The highest BCUT2D eigenvalue weighted by atomic mass is 32.1. The average Bonchev–Trinajstić information content (AvgIpc) is 3.41. The summed E-state index contributed by atoms with van der Waals surface area (Å²) in [6.45, 7) is 1.76. The summed E-state index contributed by atoms with van der Waals surface area (Å²) in [4.78, 5) is 23.1. The second-order valence-electron chi connectivity index (χ2n) is 6.51. The van der Waals surface area contributed by atoms with Crippen LogP contribution in [0.15, 0.2) is 30.3 Å². The van der Waals surface area contributed by atoms with Gasteiger partial charge in [-0.05, 0) is 24.8 Å². The van der Waals surface area contributed by atoms with Gasteiger partial charge < -0.3 is 10.4 Å². The van der Waals surface area contributed by atoms with E-state index in [0.29, 0.717) is 22.2 Å². The van der Waals surface area contributed by atoms with Crippen LogP contribution in [-0.4, -0.2) is 37.8 Å². The molecule has 0 saturated heterocycles. The molecule has 0 fully saturated rings. The number of aromatic nitrogens is 4. The second-order valence-corrected chi connectivity index (χ2v) is 8.63. The first kappa shape index (κ1) is 21.9. The molecule has 0 unspecified atom stereocenters. The molecule has 11 heteroatoms. The summed E-state index contributed by atoms with van der Waals surface area (Å²) in [6.07, 6.45) is 4.08. The SMILES string of the molecule is CC[C@](O)(C(=O)Nc1nnc(CCCCc2nnc(NC=O)s2)s1)c1ccccc1. The number of nitrogens with zero attached hydrogens (tertiary/aromatic N) is 4. The maximum atomic E-state index is 12.7. The average molecular weight is 447 g/mol. The Hall–Kier alpha value is -2.76. The first-order chi connectivity index (χ1) is 14.5. The Morgan fingerprint density at radius 3 is 2.23 bits per heavy atom. The molecule has 2 heterocycles. The van der Waals surface area contributed by atoms with Crippen LogP contribution in [0.25, 0.3) is 0 Å². The number of aliphatic hydroxyl groups is 1. The molecule has 0 radical (unpaired) electrons. The van der Waals surface area contributed by atoms with Crippen LogP contribution in [0.2, 0.25) is 0 Å². The molecular formula is C19H22N6O3S2. The zero-order valence-electron chi connectivity index (χ0n) is 16.4. The molecule has 30 heavy (non-hydrogen) atoms. The van der Waals surface area contributed by atoms with Crippen molar-refractivity contribution in [3.63, 3.8) is 0 Å². The lowest BCUT2D eigenvalue weighted by atomic mass is 9.90. The van der Waals surface area contributed by atoms with Gasteiger partial charge in [-0.25, -0.2) is 0 Å². The summed E-state index contributed by atoms with van der Waals surface area (Å²) in [5, 5.41) is 34.6.